The van der Waals surface area contributed by atoms with Gasteiger partial charge in [-0.25, -0.2) is 0 Å². The Morgan fingerprint density at radius 2 is 2.18 bits per heavy atom. The summed E-state index contributed by atoms with van der Waals surface area (Å²) in [5.74, 6) is 1.23. The second kappa shape index (κ2) is 6.64. The van der Waals surface area contributed by atoms with E-state index in [0.717, 1.165) is 15.8 Å². The molecule has 0 radical (unpaired) electrons. The van der Waals surface area contributed by atoms with Crippen LogP contribution in [0.4, 0.5) is 0 Å². The van der Waals surface area contributed by atoms with Crippen molar-refractivity contribution in [2.75, 3.05) is 13.7 Å². The highest BCUT2D eigenvalue weighted by Crippen LogP contribution is 2.23. The van der Waals surface area contributed by atoms with Gasteiger partial charge in [-0.2, -0.15) is 0 Å². The third kappa shape index (κ3) is 4.77. The lowest BCUT2D eigenvalue weighted by atomic mass is 10.1. The largest absolute Gasteiger partial charge is 0.496 e. The summed E-state index contributed by atoms with van der Waals surface area (Å²) in [5, 5.41) is 2.89. The number of rotatable bonds is 5. The van der Waals surface area contributed by atoms with Gasteiger partial charge in [-0.3, -0.25) is 4.79 Å². The molecule has 0 bridgehead atoms. The van der Waals surface area contributed by atoms with Crippen molar-refractivity contribution in [3.05, 3.63) is 28.2 Å². The van der Waals surface area contributed by atoms with E-state index in [9.17, 15) is 4.79 Å². The molecule has 1 amide bonds. The standard InChI is InChI=1S/C13H18BrNO2/c1-9(2)8-15-13(16)7-10-6-11(14)4-5-12(10)17-3/h4-6,9H,7-8H2,1-3H3,(H,15,16). The Labute approximate surface area is 111 Å². The molecule has 94 valence electrons. The van der Waals surface area contributed by atoms with E-state index in [-0.39, 0.29) is 5.91 Å². The van der Waals surface area contributed by atoms with Gasteiger partial charge in [0.25, 0.3) is 0 Å². The molecule has 0 fully saturated rings. The molecule has 0 heterocycles. The Morgan fingerprint density at radius 1 is 1.47 bits per heavy atom. The van der Waals surface area contributed by atoms with Crippen LogP contribution in [-0.2, 0) is 11.2 Å². The molecule has 1 aromatic carbocycles. The quantitative estimate of drug-likeness (QED) is 0.908. The second-order valence-electron chi connectivity index (χ2n) is 4.33. The summed E-state index contributed by atoms with van der Waals surface area (Å²) < 4.78 is 6.18. The number of carbonyl (C=O) groups is 1. The molecule has 0 unspecified atom stereocenters. The molecule has 0 saturated carbocycles. The van der Waals surface area contributed by atoms with Crippen LogP contribution in [-0.4, -0.2) is 19.6 Å². The SMILES string of the molecule is COc1ccc(Br)cc1CC(=O)NCC(C)C. The van der Waals surface area contributed by atoms with E-state index in [1.54, 1.807) is 7.11 Å². The number of methoxy groups -OCH3 is 1. The van der Waals surface area contributed by atoms with Crippen molar-refractivity contribution in [1.29, 1.82) is 0 Å². The van der Waals surface area contributed by atoms with Gasteiger partial charge in [0, 0.05) is 16.6 Å². The zero-order valence-corrected chi connectivity index (χ0v) is 12.0. The van der Waals surface area contributed by atoms with Gasteiger partial charge in [0.05, 0.1) is 13.5 Å². The molecule has 4 heteroatoms. The van der Waals surface area contributed by atoms with Crippen molar-refractivity contribution < 1.29 is 9.53 Å². The number of benzene rings is 1. The normalized spacial score (nSPS) is 10.4. The molecule has 0 aliphatic rings. The van der Waals surface area contributed by atoms with Gasteiger partial charge in [0.1, 0.15) is 5.75 Å². The molecule has 0 aliphatic heterocycles. The molecular formula is C13H18BrNO2. The van der Waals surface area contributed by atoms with Gasteiger partial charge in [0.15, 0.2) is 0 Å². The Hall–Kier alpha value is -1.03. The van der Waals surface area contributed by atoms with Crippen molar-refractivity contribution in [3.63, 3.8) is 0 Å². The molecule has 0 aromatic heterocycles. The van der Waals surface area contributed by atoms with Crippen LogP contribution in [0.15, 0.2) is 22.7 Å². The zero-order valence-electron chi connectivity index (χ0n) is 10.4. The molecule has 0 saturated heterocycles. The van der Waals surface area contributed by atoms with Crippen LogP contribution in [0.5, 0.6) is 5.75 Å². The number of amides is 1. The van der Waals surface area contributed by atoms with Crippen molar-refractivity contribution >= 4 is 21.8 Å². The molecule has 1 aromatic rings. The lowest BCUT2D eigenvalue weighted by Crippen LogP contribution is -2.28. The first-order chi connectivity index (χ1) is 8.02. The van der Waals surface area contributed by atoms with Gasteiger partial charge in [0.2, 0.25) is 5.91 Å². The first-order valence-electron chi connectivity index (χ1n) is 5.62. The highest BCUT2D eigenvalue weighted by atomic mass is 79.9. The summed E-state index contributed by atoms with van der Waals surface area (Å²) in [6.45, 7) is 4.84. The maximum Gasteiger partial charge on any atom is 0.224 e. The smallest absolute Gasteiger partial charge is 0.224 e. The van der Waals surface area contributed by atoms with Crippen molar-refractivity contribution in [3.8, 4) is 5.75 Å². The van der Waals surface area contributed by atoms with Crippen LogP contribution in [0.2, 0.25) is 0 Å². The minimum atomic E-state index is 0.0232. The monoisotopic (exact) mass is 299 g/mol. The number of ether oxygens (including phenoxy) is 1. The van der Waals surface area contributed by atoms with Crippen LogP contribution < -0.4 is 10.1 Å². The predicted octanol–water partition coefficient (Wildman–Crippen LogP) is 2.77. The van der Waals surface area contributed by atoms with E-state index in [0.29, 0.717) is 18.9 Å². The van der Waals surface area contributed by atoms with E-state index >= 15 is 0 Å². The van der Waals surface area contributed by atoms with Crippen LogP contribution in [0, 0.1) is 5.92 Å². The lowest BCUT2D eigenvalue weighted by molar-refractivity contribution is -0.120. The Balaban J connectivity index is 2.66. The highest BCUT2D eigenvalue weighted by Gasteiger charge is 2.09. The summed E-state index contributed by atoms with van der Waals surface area (Å²) in [5.41, 5.74) is 0.892. The summed E-state index contributed by atoms with van der Waals surface area (Å²) in [4.78, 5) is 11.7. The van der Waals surface area contributed by atoms with Crippen LogP contribution in [0.3, 0.4) is 0 Å². The van der Waals surface area contributed by atoms with Crippen LogP contribution >= 0.6 is 15.9 Å². The Morgan fingerprint density at radius 3 is 2.76 bits per heavy atom. The molecule has 0 spiro atoms. The molecular weight excluding hydrogens is 282 g/mol. The van der Waals surface area contributed by atoms with Gasteiger partial charge < -0.3 is 10.1 Å². The minimum Gasteiger partial charge on any atom is -0.496 e. The lowest BCUT2D eigenvalue weighted by Gasteiger charge is -2.10. The maximum absolute atomic E-state index is 11.7. The summed E-state index contributed by atoms with van der Waals surface area (Å²) in [6, 6.07) is 5.66. The maximum atomic E-state index is 11.7. The summed E-state index contributed by atoms with van der Waals surface area (Å²) in [7, 11) is 1.61. The molecule has 1 N–H and O–H groups in total. The Bertz CT molecular complexity index is 391. The molecule has 3 nitrogen and oxygen atoms in total. The predicted molar refractivity (Wildman–Crippen MR) is 72.2 cm³/mol. The number of carbonyl (C=O) groups excluding carboxylic acids is 1. The molecule has 1 rings (SSSR count). The molecule has 0 atom stereocenters. The average molecular weight is 300 g/mol. The topological polar surface area (TPSA) is 38.3 Å². The fourth-order valence-corrected chi connectivity index (χ4v) is 1.85. The van der Waals surface area contributed by atoms with E-state index in [2.05, 4.69) is 35.1 Å². The number of halogens is 1. The van der Waals surface area contributed by atoms with Crippen molar-refractivity contribution in [2.45, 2.75) is 20.3 Å². The van der Waals surface area contributed by atoms with Gasteiger partial charge in [-0.05, 0) is 24.1 Å². The minimum absolute atomic E-state index is 0.0232. The zero-order chi connectivity index (χ0) is 12.8. The van der Waals surface area contributed by atoms with E-state index in [4.69, 9.17) is 4.74 Å². The second-order valence-corrected chi connectivity index (χ2v) is 5.25. The third-order valence-electron chi connectivity index (χ3n) is 2.30. The fourth-order valence-electron chi connectivity index (χ4n) is 1.44. The number of nitrogens with one attached hydrogen (secondary N) is 1. The summed E-state index contributed by atoms with van der Waals surface area (Å²) in [6.07, 6.45) is 0.343. The first kappa shape index (κ1) is 14.0. The molecule has 0 aliphatic carbocycles. The number of hydrogen-bond acceptors (Lipinski definition) is 2. The van der Waals surface area contributed by atoms with Gasteiger partial charge >= 0.3 is 0 Å². The Kier molecular flexibility index (Phi) is 5.48. The number of hydrogen-bond donors (Lipinski definition) is 1. The first-order valence-corrected chi connectivity index (χ1v) is 6.41. The van der Waals surface area contributed by atoms with E-state index < -0.39 is 0 Å². The van der Waals surface area contributed by atoms with Crippen molar-refractivity contribution in [1.82, 2.24) is 5.32 Å². The van der Waals surface area contributed by atoms with Gasteiger partial charge in [-0.15, -0.1) is 0 Å². The highest BCUT2D eigenvalue weighted by molar-refractivity contribution is 9.10. The van der Waals surface area contributed by atoms with Crippen molar-refractivity contribution in [2.24, 2.45) is 5.92 Å². The van der Waals surface area contributed by atoms with Gasteiger partial charge in [-0.1, -0.05) is 29.8 Å². The van der Waals surface area contributed by atoms with Crippen LogP contribution in [0.25, 0.3) is 0 Å². The fraction of sp³-hybridized carbons (Fsp3) is 0.462. The third-order valence-corrected chi connectivity index (χ3v) is 2.79. The molecule has 17 heavy (non-hydrogen) atoms. The average Bonchev–Trinajstić information content (AvgIpc) is 2.27. The summed E-state index contributed by atoms with van der Waals surface area (Å²) >= 11 is 3.39. The van der Waals surface area contributed by atoms with E-state index in [1.165, 1.54) is 0 Å². The van der Waals surface area contributed by atoms with Crippen LogP contribution in [0.1, 0.15) is 19.4 Å². The van der Waals surface area contributed by atoms with E-state index in [1.807, 2.05) is 18.2 Å².